The van der Waals surface area contributed by atoms with Crippen LogP contribution in [0.15, 0.2) is 30.7 Å². The van der Waals surface area contributed by atoms with Crippen molar-refractivity contribution in [2.75, 3.05) is 19.4 Å². The van der Waals surface area contributed by atoms with Gasteiger partial charge in [-0.1, -0.05) is 0 Å². The highest BCUT2D eigenvalue weighted by atomic mass is 16.1. The fraction of sp³-hybridized carbons (Fsp3) is 0.571. The van der Waals surface area contributed by atoms with Crippen molar-refractivity contribution in [3.05, 3.63) is 30.7 Å². The first kappa shape index (κ1) is 18.2. The molecule has 0 aromatic carbocycles. The van der Waals surface area contributed by atoms with Crippen LogP contribution in [0.25, 0.3) is 11.1 Å². The van der Waals surface area contributed by atoms with Crippen LogP contribution in [-0.4, -0.2) is 45.7 Å². The monoisotopic (exact) mass is 367 g/mol. The summed E-state index contributed by atoms with van der Waals surface area (Å²) in [7, 11) is 6.23. The maximum atomic E-state index is 12.7. The molecule has 2 aromatic rings. The van der Waals surface area contributed by atoms with E-state index in [1.165, 1.54) is 25.7 Å². The van der Waals surface area contributed by atoms with Crippen LogP contribution in [0, 0.1) is 11.3 Å². The minimum absolute atomic E-state index is 0.109. The van der Waals surface area contributed by atoms with Gasteiger partial charge in [-0.3, -0.25) is 9.48 Å². The van der Waals surface area contributed by atoms with Gasteiger partial charge in [0.25, 0.3) is 0 Å². The number of nitrogens with one attached hydrogen (secondary N) is 1. The molecule has 0 radical (unpaired) electrons. The van der Waals surface area contributed by atoms with E-state index in [4.69, 9.17) is 0 Å². The average molecular weight is 367 g/mol. The van der Waals surface area contributed by atoms with Gasteiger partial charge in [0.1, 0.15) is 5.82 Å². The van der Waals surface area contributed by atoms with Gasteiger partial charge in [0, 0.05) is 37.0 Å². The van der Waals surface area contributed by atoms with E-state index in [1.54, 1.807) is 10.9 Å². The normalized spacial score (nSPS) is 27.6. The third kappa shape index (κ3) is 3.76. The largest absolute Gasteiger partial charge is 0.310 e. The molecule has 2 heterocycles. The van der Waals surface area contributed by atoms with Gasteiger partial charge < -0.3 is 10.2 Å². The highest BCUT2D eigenvalue weighted by Gasteiger charge is 2.47. The van der Waals surface area contributed by atoms with Crippen molar-refractivity contribution >= 4 is 11.7 Å². The molecule has 2 aromatic heterocycles. The zero-order valence-corrected chi connectivity index (χ0v) is 16.5. The Balaban J connectivity index is 1.34. The summed E-state index contributed by atoms with van der Waals surface area (Å²) in [5.41, 5.74) is 2.54. The van der Waals surface area contributed by atoms with Crippen LogP contribution in [0.4, 0.5) is 5.82 Å². The Morgan fingerprint density at radius 1 is 1.26 bits per heavy atom. The van der Waals surface area contributed by atoms with E-state index in [1.807, 2.05) is 31.6 Å². The van der Waals surface area contributed by atoms with Gasteiger partial charge in [0.05, 0.1) is 6.20 Å². The highest BCUT2D eigenvalue weighted by molar-refractivity contribution is 5.92. The quantitative estimate of drug-likeness (QED) is 0.900. The number of pyridine rings is 1. The lowest BCUT2D eigenvalue weighted by molar-refractivity contribution is -0.122. The average Bonchev–Trinajstić information content (AvgIpc) is 3.06. The molecule has 0 unspecified atom stereocenters. The summed E-state index contributed by atoms with van der Waals surface area (Å²) >= 11 is 0. The summed E-state index contributed by atoms with van der Waals surface area (Å²) in [6.07, 6.45) is 12.5. The van der Waals surface area contributed by atoms with Crippen LogP contribution >= 0.6 is 0 Å². The predicted molar refractivity (Wildman–Crippen MR) is 106 cm³/mol. The first-order chi connectivity index (χ1) is 12.9. The van der Waals surface area contributed by atoms with Crippen molar-refractivity contribution in [2.45, 2.75) is 44.6 Å². The molecule has 2 fully saturated rings. The molecule has 1 N–H and O–H groups in total. The van der Waals surface area contributed by atoms with Crippen LogP contribution in [0.2, 0.25) is 0 Å². The van der Waals surface area contributed by atoms with Gasteiger partial charge in [0.2, 0.25) is 5.91 Å². The van der Waals surface area contributed by atoms with Gasteiger partial charge >= 0.3 is 0 Å². The van der Waals surface area contributed by atoms with E-state index in [0.717, 1.165) is 30.0 Å². The number of carbonyl (C=O) groups is 1. The van der Waals surface area contributed by atoms with E-state index in [9.17, 15) is 4.79 Å². The van der Waals surface area contributed by atoms with Crippen LogP contribution in [0.3, 0.4) is 0 Å². The zero-order valence-electron chi connectivity index (χ0n) is 16.5. The number of rotatable bonds is 4. The Labute approximate surface area is 161 Å². The van der Waals surface area contributed by atoms with E-state index in [0.29, 0.717) is 11.2 Å². The maximum Gasteiger partial charge on any atom is 0.228 e. The van der Waals surface area contributed by atoms with Crippen molar-refractivity contribution in [1.82, 2.24) is 19.7 Å². The smallest absolute Gasteiger partial charge is 0.228 e. The number of aryl methyl sites for hydroxylation is 1. The van der Waals surface area contributed by atoms with E-state index in [2.05, 4.69) is 34.4 Å². The van der Waals surface area contributed by atoms with Gasteiger partial charge in [-0.25, -0.2) is 4.98 Å². The number of aromatic nitrogens is 3. The van der Waals surface area contributed by atoms with Gasteiger partial charge in [0.15, 0.2) is 0 Å². The third-order valence-corrected chi connectivity index (χ3v) is 6.53. The van der Waals surface area contributed by atoms with Crippen LogP contribution in [-0.2, 0) is 11.8 Å². The first-order valence-corrected chi connectivity index (χ1v) is 9.86. The third-order valence-electron chi connectivity index (χ3n) is 6.53. The molecule has 6 heteroatoms. The number of hydrogen-bond donors (Lipinski definition) is 1. The van der Waals surface area contributed by atoms with Crippen LogP contribution in [0.1, 0.15) is 38.5 Å². The molecule has 0 bridgehead atoms. The van der Waals surface area contributed by atoms with E-state index < -0.39 is 0 Å². The van der Waals surface area contributed by atoms with Crippen molar-refractivity contribution in [3.63, 3.8) is 0 Å². The predicted octanol–water partition coefficient (Wildman–Crippen LogP) is 3.32. The molecule has 0 atom stereocenters. The Hall–Kier alpha value is -2.21. The number of anilines is 1. The van der Waals surface area contributed by atoms with Crippen molar-refractivity contribution in [3.8, 4) is 11.1 Å². The number of amides is 1. The molecular formula is C21H29N5O. The summed E-state index contributed by atoms with van der Waals surface area (Å²) in [6.45, 7) is 0. The molecule has 2 aliphatic rings. The number of nitrogens with zero attached hydrogens (tertiary/aromatic N) is 4. The molecule has 144 valence electrons. The lowest BCUT2D eigenvalue weighted by Gasteiger charge is -2.53. The van der Waals surface area contributed by atoms with Gasteiger partial charge in [-0.2, -0.15) is 5.10 Å². The number of carbonyl (C=O) groups excluding carboxylic acids is 1. The van der Waals surface area contributed by atoms with E-state index in [-0.39, 0.29) is 11.8 Å². The molecule has 0 saturated heterocycles. The zero-order chi connectivity index (χ0) is 19.0. The molecule has 1 amide bonds. The van der Waals surface area contributed by atoms with Crippen molar-refractivity contribution in [2.24, 2.45) is 18.4 Å². The molecule has 27 heavy (non-hydrogen) atoms. The second kappa shape index (κ2) is 7.08. The Morgan fingerprint density at radius 2 is 2.00 bits per heavy atom. The molecule has 0 aliphatic heterocycles. The van der Waals surface area contributed by atoms with Crippen molar-refractivity contribution in [1.29, 1.82) is 0 Å². The highest BCUT2D eigenvalue weighted by Crippen LogP contribution is 2.54. The lowest BCUT2D eigenvalue weighted by Crippen LogP contribution is -2.50. The van der Waals surface area contributed by atoms with Gasteiger partial charge in [-0.05, 0) is 75.7 Å². The fourth-order valence-corrected chi connectivity index (χ4v) is 4.68. The summed E-state index contributed by atoms with van der Waals surface area (Å²) in [4.78, 5) is 19.4. The summed E-state index contributed by atoms with van der Waals surface area (Å²) < 4.78 is 1.77. The van der Waals surface area contributed by atoms with Crippen LogP contribution < -0.4 is 5.32 Å². The molecule has 2 saturated carbocycles. The summed E-state index contributed by atoms with van der Waals surface area (Å²) in [5, 5.41) is 7.24. The minimum atomic E-state index is 0.109. The molecule has 2 aliphatic carbocycles. The topological polar surface area (TPSA) is 63.1 Å². The van der Waals surface area contributed by atoms with Crippen LogP contribution in [0.5, 0.6) is 0 Å². The van der Waals surface area contributed by atoms with Crippen molar-refractivity contribution < 1.29 is 4.79 Å². The summed E-state index contributed by atoms with van der Waals surface area (Å²) in [6, 6.07) is 4.59. The summed E-state index contributed by atoms with van der Waals surface area (Å²) in [5.74, 6) is 0.847. The first-order valence-electron chi connectivity index (χ1n) is 9.86. The molecule has 1 spiro atoms. The number of hydrogen-bond acceptors (Lipinski definition) is 4. The molecule has 4 rings (SSSR count). The fourth-order valence-electron chi connectivity index (χ4n) is 4.68. The second-order valence-corrected chi connectivity index (χ2v) is 8.62. The second-order valence-electron chi connectivity index (χ2n) is 8.62. The maximum absolute atomic E-state index is 12.7. The van der Waals surface area contributed by atoms with Gasteiger partial charge in [-0.15, -0.1) is 0 Å². The Bertz CT molecular complexity index is 811. The Kier molecular flexibility index (Phi) is 4.76. The molecule has 6 nitrogen and oxygen atoms in total. The minimum Gasteiger partial charge on any atom is -0.310 e. The Morgan fingerprint density at radius 3 is 2.63 bits per heavy atom. The SMILES string of the molecule is CN(C)C1CC2(CCC(C(=O)Nc3cc(-c4cnn(C)c4)ccn3)CC2)C1. The lowest BCUT2D eigenvalue weighted by atomic mass is 9.56. The molecular weight excluding hydrogens is 338 g/mol. The van der Waals surface area contributed by atoms with E-state index >= 15 is 0 Å². The standard InChI is InChI=1S/C21H29N5O/c1-25(2)18-11-21(12-18)7-4-15(5-8-21)20(27)24-19-10-16(6-9-22-19)17-13-23-26(3)14-17/h6,9-10,13-15,18H,4-5,7-8,11-12H2,1-3H3,(H,22,24,27).